The van der Waals surface area contributed by atoms with Gasteiger partial charge in [-0.25, -0.2) is 4.98 Å². The number of carbonyl (C=O) groups is 1. The van der Waals surface area contributed by atoms with Crippen LogP contribution in [0.15, 0.2) is 36.5 Å². The number of carbonyl (C=O) groups excluding carboxylic acids is 1. The molecule has 29 heavy (non-hydrogen) atoms. The maximum absolute atomic E-state index is 12.7. The van der Waals surface area contributed by atoms with E-state index in [4.69, 9.17) is 0 Å². The Kier molecular flexibility index (Phi) is 6.42. The molecular weight excluding hydrogens is 381 g/mol. The predicted octanol–water partition coefficient (Wildman–Crippen LogP) is 3.87. The highest BCUT2D eigenvalue weighted by Crippen LogP contribution is 2.29. The first-order valence-electron chi connectivity index (χ1n) is 9.60. The van der Waals surface area contributed by atoms with E-state index in [0.717, 1.165) is 42.0 Å². The Bertz CT molecular complexity index is 852. The number of benzene rings is 1. The number of nitrogens with zero attached hydrogens (tertiary/aromatic N) is 3. The third kappa shape index (κ3) is 5.69. The van der Waals surface area contributed by atoms with Gasteiger partial charge in [0.05, 0.1) is 12.1 Å². The fourth-order valence-corrected chi connectivity index (χ4v) is 3.36. The number of hydrogen-bond donors (Lipinski definition) is 1. The first kappa shape index (κ1) is 21.1. The van der Waals surface area contributed by atoms with Gasteiger partial charge < -0.3 is 10.2 Å². The summed E-state index contributed by atoms with van der Waals surface area (Å²) in [6.07, 6.45) is -2.71. The summed E-state index contributed by atoms with van der Waals surface area (Å²) in [5.41, 5.74) is 2.17. The standard InChI is InChI=1S/C21H25F3N4O/c1-15-4-5-16(2)18(12-15)26-20(29)14-27-8-3-9-28(11-10-27)19-7-6-17(13-25-19)21(22,23)24/h4-7,12-13H,3,8-11,14H2,1-2H3,(H,26,29). The molecule has 1 amide bonds. The molecule has 0 spiro atoms. The summed E-state index contributed by atoms with van der Waals surface area (Å²) < 4.78 is 38.1. The largest absolute Gasteiger partial charge is 0.417 e. The topological polar surface area (TPSA) is 48.5 Å². The van der Waals surface area contributed by atoms with Crippen LogP contribution in [0.1, 0.15) is 23.1 Å². The van der Waals surface area contributed by atoms with Crippen molar-refractivity contribution in [2.24, 2.45) is 0 Å². The van der Waals surface area contributed by atoms with Gasteiger partial charge in [0.1, 0.15) is 5.82 Å². The summed E-state index contributed by atoms with van der Waals surface area (Å²) in [6.45, 7) is 6.90. The lowest BCUT2D eigenvalue weighted by atomic mass is 10.1. The van der Waals surface area contributed by atoms with Crippen LogP contribution in [0.25, 0.3) is 0 Å². The molecule has 0 unspecified atom stereocenters. The SMILES string of the molecule is Cc1ccc(C)c(NC(=O)CN2CCCN(c3ccc(C(F)(F)F)cn3)CC2)c1. The Morgan fingerprint density at radius 1 is 1.10 bits per heavy atom. The van der Waals surface area contributed by atoms with Gasteiger partial charge in [0.2, 0.25) is 5.91 Å². The van der Waals surface area contributed by atoms with E-state index < -0.39 is 11.7 Å². The van der Waals surface area contributed by atoms with Crippen LogP contribution in [0.3, 0.4) is 0 Å². The van der Waals surface area contributed by atoms with Crippen molar-refractivity contribution in [2.45, 2.75) is 26.4 Å². The molecule has 1 fully saturated rings. The van der Waals surface area contributed by atoms with Crippen molar-refractivity contribution in [1.82, 2.24) is 9.88 Å². The van der Waals surface area contributed by atoms with Crippen molar-refractivity contribution in [3.8, 4) is 0 Å². The highest BCUT2D eigenvalue weighted by Gasteiger charge is 2.31. The quantitative estimate of drug-likeness (QED) is 0.838. The Hall–Kier alpha value is -2.61. The summed E-state index contributed by atoms with van der Waals surface area (Å²) in [7, 11) is 0. The van der Waals surface area contributed by atoms with Crippen molar-refractivity contribution in [3.63, 3.8) is 0 Å². The van der Waals surface area contributed by atoms with Crippen molar-refractivity contribution in [2.75, 3.05) is 42.9 Å². The minimum absolute atomic E-state index is 0.0696. The summed E-state index contributed by atoms with van der Waals surface area (Å²) in [4.78, 5) is 20.5. The Balaban J connectivity index is 1.55. The summed E-state index contributed by atoms with van der Waals surface area (Å²) in [5, 5.41) is 2.97. The average molecular weight is 406 g/mol. The number of halogens is 3. The van der Waals surface area contributed by atoms with Crippen LogP contribution < -0.4 is 10.2 Å². The smallest absolute Gasteiger partial charge is 0.355 e. The van der Waals surface area contributed by atoms with Gasteiger partial charge in [-0.1, -0.05) is 12.1 Å². The molecule has 0 radical (unpaired) electrons. The maximum Gasteiger partial charge on any atom is 0.417 e. The van der Waals surface area contributed by atoms with Gasteiger partial charge >= 0.3 is 6.18 Å². The van der Waals surface area contributed by atoms with Crippen molar-refractivity contribution >= 4 is 17.4 Å². The second-order valence-electron chi connectivity index (χ2n) is 7.39. The fourth-order valence-electron chi connectivity index (χ4n) is 3.36. The zero-order valence-corrected chi connectivity index (χ0v) is 16.6. The lowest BCUT2D eigenvalue weighted by Gasteiger charge is -2.23. The molecule has 1 N–H and O–H groups in total. The zero-order valence-electron chi connectivity index (χ0n) is 16.6. The number of alkyl halides is 3. The van der Waals surface area contributed by atoms with E-state index in [0.29, 0.717) is 25.5 Å². The molecule has 2 heterocycles. The number of pyridine rings is 1. The number of aromatic nitrogens is 1. The lowest BCUT2D eigenvalue weighted by Crippen LogP contribution is -2.36. The van der Waals surface area contributed by atoms with Crippen LogP contribution in [0.2, 0.25) is 0 Å². The fraction of sp³-hybridized carbons (Fsp3) is 0.429. The molecule has 5 nitrogen and oxygen atoms in total. The van der Waals surface area contributed by atoms with Crippen LogP contribution in [0, 0.1) is 13.8 Å². The van der Waals surface area contributed by atoms with Crippen LogP contribution >= 0.6 is 0 Å². The summed E-state index contributed by atoms with van der Waals surface area (Å²) in [5.74, 6) is 0.458. The highest BCUT2D eigenvalue weighted by molar-refractivity contribution is 5.93. The minimum atomic E-state index is -4.38. The van der Waals surface area contributed by atoms with E-state index in [2.05, 4.69) is 15.2 Å². The van der Waals surface area contributed by atoms with E-state index in [-0.39, 0.29) is 12.5 Å². The van der Waals surface area contributed by atoms with E-state index in [1.807, 2.05) is 36.9 Å². The molecule has 0 saturated carbocycles. The molecule has 3 rings (SSSR count). The molecule has 1 aromatic carbocycles. The number of rotatable bonds is 4. The van der Waals surface area contributed by atoms with Crippen molar-refractivity contribution < 1.29 is 18.0 Å². The van der Waals surface area contributed by atoms with Crippen LogP contribution in [-0.4, -0.2) is 48.5 Å². The molecule has 1 aliphatic rings. The Labute approximate surface area is 168 Å². The molecule has 1 saturated heterocycles. The Morgan fingerprint density at radius 3 is 2.59 bits per heavy atom. The highest BCUT2D eigenvalue weighted by atomic mass is 19.4. The molecule has 2 aromatic rings. The zero-order chi connectivity index (χ0) is 21.0. The number of anilines is 2. The normalized spacial score (nSPS) is 15.8. The molecule has 156 valence electrons. The number of amides is 1. The van der Waals surface area contributed by atoms with Crippen LogP contribution in [0.5, 0.6) is 0 Å². The van der Waals surface area contributed by atoms with Crippen molar-refractivity contribution in [3.05, 3.63) is 53.2 Å². The van der Waals surface area contributed by atoms with Gasteiger partial charge in [-0.15, -0.1) is 0 Å². The summed E-state index contributed by atoms with van der Waals surface area (Å²) in [6, 6.07) is 8.40. The molecule has 0 aliphatic carbocycles. The van der Waals surface area contributed by atoms with Crippen LogP contribution in [-0.2, 0) is 11.0 Å². The monoisotopic (exact) mass is 406 g/mol. The molecule has 1 aliphatic heterocycles. The second-order valence-corrected chi connectivity index (χ2v) is 7.39. The number of hydrogen-bond acceptors (Lipinski definition) is 4. The van der Waals surface area contributed by atoms with E-state index >= 15 is 0 Å². The molecule has 0 atom stereocenters. The maximum atomic E-state index is 12.7. The van der Waals surface area contributed by atoms with Gasteiger partial charge in [0, 0.05) is 38.1 Å². The van der Waals surface area contributed by atoms with E-state index in [1.165, 1.54) is 6.07 Å². The second kappa shape index (κ2) is 8.82. The van der Waals surface area contributed by atoms with Gasteiger partial charge in [-0.2, -0.15) is 13.2 Å². The summed E-state index contributed by atoms with van der Waals surface area (Å²) >= 11 is 0. The van der Waals surface area contributed by atoms with Crippen LogP contribution in [0.4, 0.5) is 24.7 Å². The first-order valence-corrected chi connectivity index (χ1v) is 9.60. The third-order valence-electron chi connectivity index (χ3n) is 5.02. The van der Waals surface area contributed by atoms with Gasteiger partial charge in [-0.05, 0) is 49.6 Å². The first-order chi connectivity index (χ1) is 13.7. The molecule has 1 aromatic heterocycles. The molecule has 8 heteroatoms. The van der Waals surface area contributed by atoms with Crippen molar-refractivity contribution in [1.29, 1.82) is 0 Å². The third-order valence-corrected chi connectivity index (χ3v) is 5.02. The minimum Gasteiger partial charge on any atom is -0.355 e. The number of aryl methyl sites for hydroxylation is 2. The van der Waals surface area contributed by atoms with Gasteiger partial charge in [-0.3, -0.25) is 9.69 Å². The Morgan fingerprint density at radius 2 is 1.90 bits per heavy atom. The average Bonchev–Trinajstić information content (AvgIpc) is 2.90. The molecule has 0 bridgehead atoms. The van der Waals surface area contributed by atoms with E-state index in [9.17, 15) is 18.0 Å². The number of nitrogens with one attached hydrogen (secondary N) is 1. The lowest BCUT2D eigenvalue weighted by molar-refractivity contribution is -0.137. The predicted molar refractivity (Wildman–Crippen MR) is 107 cm³/mol. The van der Waals surface area contributed by atoms with Gasteiger partial charge in [0.25, 0.3) is 0 Å². The van der Waals surface area contributed by atoms with E-state index in [1.54, 1.807) is 0 Å². The molecular formula is C21H25F3N4O. The van der Waals surface area contributed by atoms with Gasteiger partial charge in [0.15, 0.2) is 0 Å².